The molecule has 112 valence electrons. The summed E-state index contributed by atoms with van der Waals surface area (Å²) in [7, 11) is 0. The first kappa shape index (κ1) is 16.6. The highest BCUT2D eigenvalue weighted by atomic mass is 35.5. The molecule has 0 spiro atoms. The first-order valence-electron chi connectivity index (χ1n) is 6.17. The average molecular weight is 309 g/mol. The predicted octanol–water partition coefficient (Wildman–Crippen LogP) is 3.75. The van der Waals surface area contributed by atoms with E-state index in [1.807, 2.05) is 6.07 Å². The zero-order valence-corrected chi connectivity index (χ0v) is 11.5. The van der Waals surface area contributed by atoms with Gasteiger partial charge in [-0.3, -0.25) is 4.79 Å². The molecule has 0 aromatic heterocycles. The van der Waals surface area contributed by atoms with Crippen molar-refractivity contribution in [3.05, 3.63) is 23.8 Å². The number of carbonyl (C=O) groups excluding carboxylic acids is 1. The van der Waals surface area contributed by atoms with Crippen molar-refractivity contribution >= 4 is 29.7 Å². The van der Waals surface area contributed by atoms with Gasteiger partial charge in [-0.05, 0) is 30.5 Å². The van der Waals surface area contributed by atoms with Crippen LogP contribution in [0.1, 0.15) is 24.8 Å². The Morgan fingerprint density at radius 1 is 1.35 bits per heavy atom. The number of anilines is 2. The maximum Gasteiger partial charge on any atom is 0.389 e. The number of nitrogens with one attached hydrogen (secondary N) is 2. The van der Waals surface area contributed by atoms with E-state index in [0.717, 1.165) is 25.1 Å². The van der Waals surface area contributed by atoms with Crippen LogP contribution >= 0.6 is 12.4 Å². The number of rotatable bonds is 3. The van der Waals surface area contributed by atoms with Gasteiger partial charge in [0.05, 0.1) is 6.42 Å². The van der Waals surface area contributed by atoms with Crippen LogP contribution in [0.25, 0.3) is 0 Å². The van der Waals surface area contributed by atoms with Gasteiger partial charge < -0.3 is 10.6 Å². The molecule has 1 aromatic rings. The molecule has 2 N–H and O–H groups in total. The van der Waals surface area contributed by atoms with Crippen LogP contribution in [0, 0.1) is 0 Å². The third kappa shape index (κ3) is 4.92. The first-order chi connectivity index (χ1) is 8.94. The molecule has 1 aromatic carbocycles. The molecular weight excluding hydrogens is 293 g/mol. The summed E-state index contributed by atoms with van der Waals surface area (Å²) in [4.78, 5) is 11.4. The van der Waals surface area contributed by atoms with E-state index in [1.165, 1.54) is 5.56 Å². The molecule has 2 rings (SSSR count). The Labute approximate surface area is 121 Å². The van der Waals surface area contributed by atoms with Crippen molar-refractivity contribution in [2.24, 2.45) is 0 Å². The molecule has 7 heteroatoms. The van der Waals surface area contributed by atoms with Crippen LogP contribution in [0.4, 0.5) is 24.5 Å². The summed E-state index contributed by atoms with van der Waals surface area (Å²) < 4.78 is 36.0. The zero-order chi connectivity index (χ0) is 13.9. The third-order valence-corrected chi connectivity index (χ3v) is 2.97. The molecule has 0 atom stereocenters. The Hall–Kier alpha value is -1.43. The van der Waals surface area contributed by atoms with Gasteiger partial charge in [0.2, 0.25) is 5.91 Å². The maximum absolute atomic E-state index is 12.0. The predicted molar refractivity (Wildman–Crippen MR) is 74.4 cm³/mol. The van der Waals surface area contributed by atoms with Crippen molar-refractivity contribution in [1.29, 1.82) is 0 Å². The summed E-state index contributed by atoms with van der Waals surface area (Å²) in [6.07, 6.45) is -3.90. The van der Waals surface area contributed by atoms with Crippen LogP contribution in [-0.2, 0) is 11.2 Å². The van der Waals surface area contributed by atoms with Crippen LogP contribution < -0.4 is 10.6 Å². The quantitative estimate of drug-likeness (QED) is 0.893. The Balaban J connectivity index is 0.00000200. The average Bonchev–Trinajstić information content (AvgIpc) is 2.35. The van der Waals surface area contributed by atoms with E-state index in [1.54, 1.807) is 12.1 Å². The van der Waals surface area contributed by atoms with Crippen molar-refractivity contribution in [2.75, 3.05) is 17.2 Å². The summed E-state index contributed by atoms with van der Waals surface area (Å²) in [5.41, 5.74) is 2.64. The highest BCUT2D eigenvalue weighted by Crippen LogP contribution is 2.26. The topological polar surface area (TPSA) is 41.1 Å². The molecule has 3 nitrogen and oxygen atoms in total. The van der Waals surface area contributed by atoms with Crippen LogP contribution in [-0.4, -0.2) is 18.6 Å². The fraction of sp³-hybridized carbons (Fsp3) is 0.462. The minimum Gasteiger partial charge on any atom is -0.385 e. The minimum atomic E-state index is -4.30. The number of carbonyl (C=O) groups is 1. The van der Waals surface area contributed by atoms with Crippen molar-refractivity contribution in [3.8, 4) is 0 Å². The lowest BCUT2D eigenvalue weighted by atomic mass is 10.0. The standard InChI is InChI=1S/C13H15F3N2O.ClH/c14-13(15,16)6-5-12(19)18-10-4-3-9-2-1-7-17-11(9)8-10;/h3-4,8,17H,1-2,5-7H2,(H,18,19);1H. The molecule has 20 heavy (non-hydrogen) atoms. The first-order valence-corrected chi connectivity index (χ1v) is 6.17. The molecule has 1 aliphatic heterocycles. The number of hydrogen-bond donors (Lipinski definition) is 2. The Morgan fingerprint density at radius 3 is 2.80 bits per heavy atom. The molecule has 0 unspecified atom stereocenters. The molecule has 1 aliphatic rings. The van der Waals surface area contributed by atoms with Crippen LogP contribution in [0.2, 0.25) is 0 Å². The second-order valence-electron chi connectivity index (χ2n) is 4.57. The lowest BCUT2D eigenvalue weighted by Crippen LogP contribution is -2.17. The molecular formula is C13H16ClF3N2O. The molecule has 0 aliphatic carbocycles. The fourth-order valence-electron chi connectivity index (χ4n) is 2.02. The van der Waals surface area contributed by atoms with Gasteiger partial charge in [-0.2, -0.15) is 13.2 Å². The van der Waals surface area contributed by atoms with Gasteiger partial charge in [0.1, 0.15) is 0 Å². The third-order valence-electron chi connectivity index (χ3n) is 2.97. The van der Waals surface area contributed by atoms with Gasteiger partial charge >= 0.3 is 6.18 Å². The largest absolute Gasteiger partial charge is 0.389 e. The molecule has 0 saturated heterocycles. The smallest absolute Gasteiger partial charge is 0.385 e. The molecule has 0 bridgehead atoms. The van der Waals surface area contributed by atoms with E-state index < -0.39 is 24.9 Å². The van der Waals surface area contributed by atoms with Crippen LogP contribution in [0.15, 0.2) is 18.2 Å². The van der Waals surface area contributed by atoms with Gasteiger partial charge in [-0.1, -0.05) is 6.07 Å². The van der Waals surface area contributed by atoms with Crippen molar-refractivity contribution in [2.45, 2.75) is 31.9 Å². The van der Waals surface area contributed by atoms with Crippen LogP contribution in [0.5, 0.6) is 0 Å². The second kappa shape index (κ2) is 6.83. The van der Waals surface area contributed by atoms with Gasteiger partial charge in [0, 0.05) is 24.3 Å². The van der Waals surface area contributed by atoms with Crippen molar-refractivity contribution in [3.63, 3.8) is 0 Å². The number of alkyl halides is 3. The number of hydrogen-bond acceptors (Lipinski definition) is 2. The highest BCUT2D eigenvalue weighted by molar-refractivity contribution is 5.91. The van der Waals surface area contributed by atoms with E-state index in [-0.39, 0.29) is 12.4 Å². The molecule has 0 fully saturated rings. The summed E-state index contributed by atoms with van der Waals surface area (Å²) in [5, 5.41) is 5.69. The lowest BCUT2D eigenvalue weighted by molar-refractivity contribution is -0.142. The van der Waals surface area contributed by atoms with Crippen molar-refractivity contribution in [1.82, 2.24) is 0 Å². The summed E-state index contributed by atoms with van der Waals surface area (Å²) in [5.74, 6) is -0.618. The Morgan fingerprint density at radius 2 is 2.10 bits per heavy atom. The molecule has 1 heterocycles. The Kier molecular flexibility index (Phi) is 5.68. The number of amides is 1. The second-order valence-corrected chi connectivity index (χ2v) is 4.57. The lowest BCUT2D eigenvalue weighted by Gasteiger charge is -2.19. The van der Waals surface area contributed by atoms with E-state index in [2.05, 4.69) is 10.6 Å². The molecule has 0 saturated carbocycles. The van der Waals surface area contributed by atoms with E-state index in [0.29, 0.717) is 5.69 Å². The highest BCUT2D eigenvalue weighted by Gasteiger charge is 2.27. The van der Waals surface area contributed by atoms with Crippen LogP contribution in [0.3, 0.4) is 0 Å². The fourth-order valence-corrected chi connectivity index (χ4v) is 2.02. The maximum atomic E-state index is 12.0. The molecule has 1 amide bonds. The summed E-state index contributed by atoms with van der Waals surface area (Å²) >= 11 is 0. The number of fused-ring (bicyclic) bond motifs is 1. The zero-order valence-electron chi connectivity index (χ0n) is 10.7. The monoisotopic (exact) mass is 308 g/mol. The number of halogens is 4. The van der Waals surface area contributed by atoms with E-state index >= 15 is 0 Å². The summed E-state index contributed by atoms with van der Waals surface area (Å²) in [6.45, 7) is 0.873. The Bertz CT molecular complexity index is 477. The van der Waals surface area contributed by atoms with Gasteiger partial charge in [-0.15, -0.1) is 12.4 Å². The van der Waals surface area contributed by atoms with Gasteiger partial charge in [-0.25, -0.2) is 0 Å². The minimum absolute atomic E-state index is 0. The van der Waals surface area contributed by atoms with Crippen molar-refractivity contribution < 1.29 is 18.0 Å². The number of benzene rings is 1. The van der Waals surface area contributed by atoms with Gasteiger partial charge in [0.15, 0.2) is 0 Å². The number of aryl methyl sites for hydroxylation is 1. The normalized spacial score (nSPS) is 13.8. The SMILES string of the molecule is Cl.O=C(CCC(F)(F)F)Nc1ccc2c(c1)NCCC2. The van der Waals surface area contributed by atoms with E-state index in [4.69, 9.17) is 0 Å². The van der Waals surface area contributed by atoms with Gasteiger partial charge in [0.25, 0.3) is 0 Å². The summed E-state index contributed by atoms with van der Waals surface area (Å²) in [6, 6.07) is 5.37. The van der Waals surface area contributed by atoms with E-state index in [9.17, 15) is 18.0 Å². The molecule has 0 radical (unpaired) electrons.